The van der Waals surface area contributed by atoms with Crippen molar-refractivity contribution in [2.75, 3.05) is 0 Å². The Kier molecular flexibility index (Phi) is 5.09. The van der Waals surface area contributed by atoms with Crippen LogP contribution in [0.15, 0.2) is 22.6 Å². The van der Waals surface area contributed by atoms with Crippen LogP contribution in [-0.2, 0) is 12.8 Å². The predicted octanol–water partition coefficient (Wildman–Crippen LogP) is 4.01. The van der Waals surface area contributed by atoms with Crippen molar-refractivity contribution >= 4 is 34.8 Å². The third kappa shape index (κ3) is 3.35. The summed E-state index contributed by atoms with van der Waals surface area (Å²) < 4.78 is 0. The van der Waals surface area contributed by atoms with Gasteiger partial charge in [-0.25, -0.2) is 5.43 Å². The van der Waals surface area contributed by atoms with Crippen LogP contribution in [0.4, 0.5) is 0 Å². The fraction of sp³-hybridized carbons (Fsp3) is 0.333. The number of thiophene rings is 2. The van der Waals surface area contributed by atoms with E-state index < -0.39 is 0 Å². The van der Waals surface area contributed by atoms with Crippen molar-refractivity contribution in [2.45, 2.75) is 33.6 Å². The van der Waals surface area contributed by atoms with Crippen molar-refractivity contribution in [2.24, 2.45) is 5.10 Å². The Morgan fingerprint density at radius 3 is 2.80 bits per heavy atom. The van der Waals surface area contributed by atoms with Crippen LogP contribution in [0, 0.1) is 6.92 Å². The molecule has 20 heavy (non-hydrogen) atoms. The minimum atomic E-state index is -0.130. The van der Waals surface area contributed by atoms with E-state index in [1.54, 1.807) is 28.9 Å². The molecule has 0 saturated heterocycles. The number of hydrogen-bond acceptors (Lipinski definition) is 4. The van der Waals surface area contributed by atoms with Crippen LogP contribution in [0.5, 0.6) is 0 Å². The Bertz CT molecular complexity index is 626. The first kappa shape index (κ1) is 14.9. The van der Waals surface area contributed by atoms with Gasteiger partial charge in [0.2, 0.25) is 0 Å². The van der Waals surface area contributed by atoms with Crippen molar-refractivity contribution in [1.29, 1.82) is 0 Å². The van der Waals surface area contributed by atoms with Crippen LogP contribution in [0.25, 0.3) is 0 Å². The number of amides is 1. The summed E-state index contributed by atoms with van der Waals surface area (Å²) in [6.07, 6.45) is 3.60. The van der Waals surface area contributed by atoms with Crippen molar-refractivity contribution in [3.63, 3.8) is 0 Å². The summed E-state index contributed by atoms with van der Waals surface area (Å²) in [7, 11) is 0. The fourth-order valence-corrected chi connectivity index (χ4v) is 3.74. The third-order valence-corrected chi connectivity index (χ3v) is 5.21. The maximum atomic E-state index is 12.1. The molecule has 0 spiro atoms. The summed E-state index contributed by atoms with van der Waals surface area (Å²) >= 11 is 3.30. The highest BCUT2D eigenvalue weighted by Crippen LogP contribution is 2.22. The quantitative estimate of drug-likeness (QED) is 0.658. The Balaban J connectivity index is 2.01. The second-order valence-electron chi connectivity index (χ2n) is 4.39. The molecule has 0 unspecified atom stereocenters. The third-order valence-electron chi connectivity index (χ3n) is 3.09. The molecule has 0 fully saturated rings. The van der Waals surface area contributed by atoms with Gasteiger partial charge in [-0.3, -0.25) is 4.79 Å². The highest BCUT2D eigenvalue weighted by molar-refractivity contribution is 7.13. The number of hydrogen-bond donors (Lipinski definition) is 1. The van der Waals surface area contributed by atoms with Crippen LogP contribution in [-0.4, -0.2) is 12.1 Å². The average Bonchev–Trinajstić information content (AvgIpc) is 3.04. The SMILES string of the molecule is CCc1ccc(/C=N\NC(=O)c2csc(C)c2CC)s1. The molecule has 2 heterocycles. The molecule has 0 bridgehead atoms. The summed E-state index contributed by atoms with van der Waals surface area (Å²) in [6.45, 7) is 6.23. The van der Waals surface area contributed by atoms with Gasteiger partial charge in [0, 0.05) is 20.0 Å². The van der Waals surface area contributed by atoms with E-state index in [1.165, 1.54) is 9.75 Å². The molecule has 0 aromatic carbocycles. The van der Waals surface area contributed by atoms with Gasteiger partial charge in [-0.05, 0) is 37.5 Å². The minimum Gasteiger partial charge on any atom is -0.267 e. The summed E-state index contributed by atoms with van der Waals surface area (Å²) in [5.74, 6) is -0.130. The van der Waals surface area contributed by atoms with Gasteiger partial charge < -0.3 is 0 Å². The summed E-state index contributed by atoms with van der Waals surface area (Å²) in [5, 5.41) is 5.94. The summed E-state index contributed by atoms with van der Waals surface area (Å²) in [4.78, 5) is 15.6. The molecule has 2 aromatic rings. The van der Waals surface area contributed by atoms with Gasteiger partial charge in [0.05, 0.1) is 11.8 Å². The normalized spacial score (nSPS) is 11.2. The van der Waals surface area contributed by atoms with Crippen molar-refractivity contribution < 1.29 is 4.79 Å². The molecule has 0 atom stereocenters. The largest absolute Gasteiger partial charge is 0.272 e. The number of hydrazone groups is 1. The van der Waals surface area contributed by atoms with E-state index in [-0.39, 0.29) is 5.91 Å². The lowest BCUT2D eigenvalue weighted by molar-refractivity contribution is 0.0954. The lowest BCUT2D eigenvalue weighted by Crippen LogP contribution is -2.18. The zero-order valence-corrected chi connectivity index (χ0v) is 13.5. The zero-order valence-electron chi connectivity index (χ0n) is 11.9. The molecule has 106 valence electrons. The van der Waals surface area contributed by atoms with Crippen LogP contribution < -0.4 is 5.43 Å². The summed E-state index contributed by atoms with van der Waals surface area (Å²) in [6, 6.07) is 4.11. The Morgan fingerprint density at radius 2 is 2.15 bits per heavy atom. The van der Waals surface area contributed by atoms with E-state index in [2.05, 4.69) is 30.4 Å². The molecule has 0 saturated carbocycles. The second-order valence-corrected chi connectivity index (χ2v) is 6.68. The minimum absolute atomic E-state index is 0.130. The van der Waals surface area contributed by atoms with Gasteiger partial charge >= 0.3 is 0 Å². The number of carbonyl (C=O) groups is 1. The number of nitrogens with one attached hydrogen (secondary N) is 1. The maximum Gasteiger partial charge on any atom is 0.272 e. The van der Waals surface area contributed by atoms with Crippen molar-refractivity contribution in [1.82, 2.24) is 5.43 Å². The Morgan fingerprint density at radius 1 is 1.35 bits per heavy atom. The molecule has 2 aromatic heterocycles. The average molecular weight is 306 g/mol. The van der Waals surface area contributed by atoms with Gasteiger partial charge in [0.1, 0.15) is 0 Å². The fourth-order valence-electron chi connectivity index (χ4n) is 1.98. The first-order valence-corrected chi connectivity index (χ1v) is 8.34. The number of nitrogens with zero attached hydrogens (tertiary/aromatic N) is 1. The molecule has 0 aliphatic heterocycles. The van der Waals surface area contributed by atoms with Gasteiger partial charge in [0.15, 0.2) is 0 Å². The highest BCUT2D eigenvalue weighted by Gasteiger charge is 2.13. The molecule has 1 N–H and O–H groups in total. The van der Waals surface area contributed by atoms with Gasteiger partial charge in [-0.15, -0.1) is 22.7 Å². The van der Waals surface area contributed by atoms with E-state index in [4.69, 9.17) is 0 Å². The number of carbonyl (C=O) groups excluding carboxylic acids is 1. The molecule has 3 nitrogen and oxygen atoms in total. The van der Waals surface area contributed by atoms with Crippen molar-refractivity contribution in [3.8, 4) is 0 Å². The van der Waals surface area contributed by atoms with Crippen LogP contribution in [0.3, 0.4) is 0 Å². The van der Waals surface area contributed by atoms with Gasteiger partial charge in [0.25, 0.3) is 5.91 Å². The molecule has 5 heteroatoms. The van der Waals surface area contributed by atoms with E-state index in [1.807, 2.05) is 18.4 Å². The molecule has 0 radical (unpaired) electrons. The standard InChI is InChI=1S/C15H18N2OS2/c1-4-11-6-7-12(20-11)8-16-17-15(18)14-9-19-10(3)13(14)5-2/h6-9H,4-5H2,1-3H3,(H,17,18)/b16-8-. The lowest BCUT2D eigenvalue weighted by atomic mass is 10.1. The van der Waals surface area contributed by atoms with Gasteiger partial charge in [-0.1, -0.05) is 13.8 Å². The second kappa shape index (κ2) is 6.81. The molecule has 0 aliphatic carbocycles. The monoisotopic (exact) mass is 306 g/mol. The van der Waals surface area contributed by atoms with Crippen molar-refractivity contribution in [3.05, 3.63) is 43.3 Å². The topological polar surface area (TPSA) is 41.5 Å². The Labute approximate surface area is 127 Å². The number of aryl methyl sites for hydroxylation is 2. The predicted molar refractivity (Wildman–Crippen MR) is 87.2 cm³/mol. The van der Waals surface area contributed by atoms with Crippen LogP contribution in [0.2, 0.25) is 0 Å². The van der Waals surface area contributed by atoms with E-state index >= 15 is 0 Å². The molecule has 0 aliphatic rings. The lowest BCUT2D eigenvalue weighted by Gasteiger charge is -2.01. The van der Waals surface area contributed by atoms with E-state index in [9.17, 15) is 4.79 Å². The molecular formula is C15H18N2OS2. The maximum absolute atomic E-state index is 12.1. The number of rotatable bonds is 5. The van der Waals surface area contributed by atoms with Crippen LogP contribution >= 0.6 is 22.7 Å². The summed E-state index contributed by atoms with van der Waals surface area (Å²) in [5.41, 5.74) is 4.47. The van der Waals surface area contributed by atoms with E-state index in [0.717, 1.165) is 28.8 Å². The molecule has 1 amide bonds. The first-order valence-electron chi connectivity index (χ1n) is 6.64. The van der Waals surface area contributed by atoms with Crippen LogP contribution in [0.1, 0.15) is 44.4 Å². The van der Waals surface area contributed by atoms with E-state index in [0.29, 0.717) is 0 Å². The highest BCUT2D eigenvalue weighted by atomic mass is 32.1. The smallest absolute Gasteiger partial charge is 0.267 e. The molecule has 2 rings (SSSR count). The first-order chi connectivity index (χ1) is 9.65. The Hall–Kier alpha value is -1.46. The van der Waals surface area contributed by atoms with Gasteiger partial charge in [-0.2, -0.15) is 5.10 Å². The zero-order chi connectivity index (χ0) is 14.5. The molecular weight excluding hydrogens is 288 g/mol.